The molecule has 0 unspecified atom stereocenters. The molecule has 1 amide bonds. The van der Waals surface area contributed by atoms with Crippen LogP contribution in [0.25, 0.3) is 0 Å². The minimum Gasteiger partial charge on any atom is -0.464 e. The molecule has 0 saturated carbocycles. The lowest BCUT2D eigenvalue weighted by Gasteiger charge is -2.15. The van der Waals surface area contributed by atoms with Gasteiger partial charge in [-0.2, -0.15) is 5.10 Å². The highest BCUT2D eigenvalue weighted by Gasteiger charge is 2.30. The lowest BCUT2D eigenvalue weighted by Crippen LogP contribution is -2.48. The van der Waals surface area contributed by atoms with Crippen molar-refractivity contribution < 1.29 is 23.9 Å². The molecule has 0 fully saturated rings. The van der Waals surface area contributed by atoms with Gasteiger partial charge in [0, 0.05) is 25.4 Å². The Morgan fingerprint density at radius 1 is 1.19 bits per heavy atom. The molecule has 1 heterocycles. The third-order valence-electron chi connectivity index (χ3n) is 2.48. The maximum absolute atomic E-state index is 11.8. The number of carbonyl (C=O) groups is 3. The third kappa shape index (κ3) is 5.64. The standard InChI is InChI=1S/C13H19N3O5/c1-3-20-12(18)11(13(19)21-4-2)15-10(17)6-9-16-8-5-7-14-16/h5,7-8,11H,3-4,6,9H2,1-2H3,(H,15,17). The summed E-state index contributed by atoms with van der Waals surface area (Å²) in [6.07, 6.45) is 3.39. The van der Waals surface area contributed by atoms with E-state index in [1.165, 1.54) is 0 Å². The van der Waals surface area contributed by atoms with Crippen LogP contribution < -0.4 is 5.32 Å². The Bertz CT molecular complexity index is 454. The number of rotatable bonds is 8. The Morgan fingerprint density at radius 3 is 2.29 bits per heavy atom. The molecule has 8 heteroatoms. The molecule has 1 aromatic heterocycles. The van der Waals surface area contributed by atoms with Gasteiger partial charge in [0.2, 0.25) is 11.9 Å². The van der Waals surface area contributed by atoms with Gasteiger partial charge in [-0.1, -0.05) is 0 Å². The van der Waals surface area contributed by atoms with Crippen LogP contribution in [0, 0.1) is 0 Å². The van der Waals surface area contributed by atoms with Gasteiger partial charge in [0.15, 0.2) is 0 Å². The number of ether oxygens (including phenoxy) is 2. The van der Waals surface area contributed by atoms with E-state index in [1.807, 2.05) is 0 Å². The summed E-state index contributed by atoms with van der Waals surface area (Å²) in [7, 11) is 0. The van der Waals surface area contributed by atoms with Gasteiger partial charge in [0.05, 0.1) is 13.2 Å². The lowest BCUT2D eigenvalue weighted by molar-refractivity contribution is -0.159. The third-order valence-corrected chi connectivity index (χ3v) is 2.48. The van der Waals surface area contributed by atoms with Crippen molar-refractivity contribution in [3.8, 4) is 0 Å². The first-order valence-corrected chi connectivity index (χ1v) is 6.68. The van der Waals surface area contributed by atoms with Crippen LogP contribution in [0.5, 0.6) is 0 Å². The number of carbonyl (C=O) groups excluding carboxylic acids is 3. The summed E-state index contributed by atoms with van der Waals surface area (Å²) in [6.45, 7) is 3.78. The van der Waals surface area contributed by atoms with Crippen LogP contribution in [-0.4, -0.2) is 46.9 Å². The van der Waals surface area contributed by atoms with Crippen LogP contribution in [0.4, 0.5) is 0 Å². The second-order valence-electron chi connectivity index (χ2n) is 4.02. The van der Waals surface area contributed by atoms with Crippen LogP contribution in [0.15, 0.2) is 18.5 Å². The molecule has 116 valence electrons. The fourth-order valence-corrected chi connectivity index (χ4v) is 1.55. The molecule has 0 radical (unpaired) electrons. The first kappa shape index (κ1) is 16.7. The number of nitrogens with one attached hydrogen (secondary N) is 1. The van der Waals surface area contributed by atoms with Gasteiger partial charge < -0.3 is 14.8 Å². The zero-order valence-corrected chi connectivity index (χ0v) is 12.1. The van der Waals surface area contributed by atoms with Crippen molar-refractivity contribution in [3.63, 3.8) is 0 Å². The van der Waals surface area contributed by atoms with Crippen LogP contribution in [0.3, 0.4) is 0 Å². The normalized spacial score (nSPS) is 10.2. The summed E-state index contributed by atoms with van der Waals surface area (Å²) in [5.74, 6) is -2.12. The lowest BCUT2D eigenvalue weighted by atomic mass is 10.2. The molecule has 0 aromatic carbocycles. The second kappa shape index (κ2) is 8.72. The van der Waals surface area contributed by atoms with Crippen molar-refractivity contribution in [1.29, 1.82) is 0 Å². The van der Waals surface area contributed by atoms with E-state index in [2.05, 4.69) is 10.4 Å². The number of nitrogens with zero attached hydrogens (tertiary/aromatic N) is 2. The first-order valence-electron chi connectivity index (χ1n) is 6.68. The number of amides is 1. The summed E-state index contributed by atoms with van der Waals surface area (Å²) < 4.78 is 11.1. The van der Waals surface area contributed by atoms with Crippen molar-refractivity contribution in [2.45, 2.75) is 32.9 Å². The van der Waals surface area contributed by atoms with E-state index in [-0.39, 0.29) is 19.6 Å². The minimum atomic E-state index is -1.44. The molecule has 0 bridgehead atoms. The molecule has 21 heavy (non-hydrogen) atoms. The maximum Gasteiger partial charge on any atom is 0.340 e. The molecule has 1 rings (SSSR count). The van der Waals surface area contributed by atoms with Crippen LogP contribution >= 0.6 is 0 Å². The Labute approximate surface area is 122 Å². The molecule has 1 aromatic rings. The van der Waals surface area contributed by atoms with E-state index in [0.717, 1.165) is 0 Å². The van der Waals surface area contributed by atoms with E-state index in [4.69, 9.17) is 9.47 Å². The van der Waals surface area contributed by atoms with Gasteiger partial charge in [-0.3, -0.25) is 9.48 Å². The maximum atomic E-state index is 11.8. The monoisotopic (exact) mass is 297 g/mol. The highest BCUT2D eigenvalue weighted by Crippen LogP contribution is 1.97. The smallest absolute Gasteiger partial charge is 0.340 e. The highest BCUT2D eigenvalue weighted by molar-refractivity contribution is 6.02. The topological polar surface area (TPSA) is 99.5 Å². The zero-order valence-electron chi connectivity index (χ0n) is 12.1. The Kier molecular flexibility index (Phi) is 6.93. The van der Waals surface area contributed by atoms with E-state index < -0.39 is 23.9 Å². The molecule has 8 nitrogen and oxygen atoms in total. The summed E-state index contributed by atoms with van der Waals surface area (Å²) >= 11 is 0. The van der Waals surface area contributed by atoms with Gasteiger partial charge in [-0.15, -0.1) is 0 Å². The summed E-state index contributed by atoms with van der Waals surface area (Å²) in [6, 6.07) is 0.299. The van der Waals surface area contributed by atoms with Crippen molar-refractivity contribution in [2.75, 3.05) is 13.2 Å². The Morgan fingerprint density at radius 2 is 1.81 bits per heavy atom. The molecular weight excluding hydrogens is 278 g/mol. The van der Waals surface area contributed by atoms with Gasteiger partial charge in [0.25, 0.3) is 0 Å². The average Bonchev–Trinajstić information content (AvgIpc) is 2.96. The SMILES string of the molecule is CCOC(=O)C(NC(=O)CCn1cccn1)C(=O)OCC. The highest BCUT2D eigenvalue weighted by atomic mass is 16.6. The number of esters is 2. The van der Waals surface area contributed by atoms with Crippen molar-refractivity contribution in [1.82, 2.24) is 15.1 Å². The van der Waals surface area contributed by atoms with E-state index >= 15 is 0 Å². The first-order chi connectivity index (χ1) is 10.1. The number of aromatic nitrogens is 2. The van der Waals surface area contributed by atoms with E-state index in [9.17, 15) is 14.4 Å². The molecule has 0 aliphatic heterocycles. The van der Waals surface area contributed by atoms with Gasteiger partial charge in [-0.25, -0.2) is 9.59 Å². The van der Waals surface area contributed by atoms with Crippen molar-refractivity contribution >= 4 is 17.8 Å². The minimum absolute atomic E-state index is 0.0803. The Hall–Kier alpha value is -2.38. The fourth-order valence-electron chi connectivity index (χ4n) is 1.55. The van der Waals surface area contributed by atoms with Crippen LogP contribution in [0.1, 0.15) is 20.3 Å². The molecule has 0 aliphatic carbocycles. The summed E-state index contributed by atoms with van der Waals surface area (Å²) in [4.78, 5) is 35.1. The molecule has 0 saturated heterocycles. The predicted octanol–water partition coefficient (Wildman–Crippen LogP) is -0.116. The molecule has 0 spiro atoms. The fraction of sp³-hybridized carbons (Fsp3) is 0.538. The van der Waals surface area contributed by atoms with Crippen LogP contribution in [-0.2, 0) is 30.4 Å². The summed E-state index contributed by atoms with van der Waals surface area (Å²) in [5.41, 5.74) is 0. The van der Waals surface area contributed by atoms with E-state index in [0.29, 0.717) is 6.54 Å². The van der Waals surface area contributed by atoms with Crippen molar-refractivity contribution in [3.05, 3.63) is 18.5 Å². The molecule has 1 N–H and O–H groups in total. The summed E-state index contributed by atoms with van der Waals surface area (Å²) in [5, 5.41) is 6.27. The average molecular weight is 297 g/mol. The second-order valence-corrected chi connectivity index (χ2v) is 4.02. The largest absolute Gasteiger partial charge is 0.464 e. The molecular formula is C13H19N3O5. The quantitative estimate of drug-likeness (QED) is 0.530. The molecule has 0 atom stereocenters. The van der Waals surface area contributed by atoms with Gasteiger partial charge in [0.1, 0.15) is 0 Å². The number of aryl methyl sites for hydroxylation is 1. The zero-order chi connectivity index (χ0) is 15.7. The van der Waals surface area contributed by atoms with Crippen LogP contribution in [0.2, 0.25) is 0 Å². The molecule has 0 aliphatic rings. The van der Waals surface area contributed by atoms with Gasteiger partial charge in [-0.05, 0) is 19.9 Å². The van der Waals surface area contributed by atoms with E-state index in [1.54, 1.807) is 37.0 Å². The number of hydrogen-bond acceptors (Lipinski definition) is 6. The van der Waals surface area contributed by atoms with Gasteiger partial charge >= 0.3 is 11.9 Å². The predicted molar refractivity (Wildman–Crippen MR) is 72.0 cm³/mol. The van der Waals surface area contributed by atoms with Crippen molar-refractivity contribution in [2.24, 2.45) is 0 Å². The number of hydrogen-bond donors (Lipinski definition) is 1. The Balaban J connectivity index is 2.55.